The van der Waals surface area contributed by atoms with E-state index in [9.17, 15) is 9.59 Å². The molecule has 0 aromatic carbocycles. The highest BCUT2D eigenvalue weighted by Gasteiger charge is 2.24. The smallest absolute Gasteiger partial charge is 0.306 e. The summed E-state index contributed by atoms with van der Waals surface area (Å²) in [5, 5.41) is 14.8. The van der Waals surface area contributed by atoms with Gasteiger partial charge in [-0.1, -0.05) is 13.8 Å². The van der Waals surface area contributed by atoms with Gasteiger partial charge in [-0.25, -0.2) is 0 Å². The number of rotatable bonds is 6. The molecule has 1 amide bonds. The third-order valence-corrected chi connectivity index (χ3v) is 3.52. The summed E-state index contributed by atoms with van der Waals surface area (Å²) in [6.07, 6.45) is 3.32. The molecule has 0 aromatic rings. The molecule has 1 heterocycles. The number of carbonyl (C=O) groups is 2. The van der Waals surface area contributed by atoms with Gasteiger partial charge in [-0.15, -0.1) is 0 Å². The van der Waals surface area contributed by atoms with Crippen LogP contribution < -0.4 is 10.6 Å². The number of nitrogens with one attached hydrogen (secondary N) is 2. The maximum atomic E-state index is 11.8. The van der Waals surface area contributed by atoms with Crippen molar-refractivity contribution >= 4 is 11.9 Å². The van der Waals surface area contributed by atoms with Crippen LogP contribution >= 0.6 is 0 Å². The van der Waals surface area contributed by atoms with Crippen LogP contribution in [0.2, 0.25) is 0 Å². The highest BCUT2D eigenvalue weighted by molar-refractivity contribution is 5.81. The molecular weight excluding hydrogens is 232 g/mol. The Morgan fingerprint density at radius 2 is 2.22 bits per heavy atom. The zero-order valence-corrected chi connectivity index (χ0v) is 11.2. The molecule has 5 heteroatoms. The lowest BCUT2D eigenvalue weighted by Crippen LogP contribution is -2.48. The molecule has 104 valence electrons. The van der Waals surface area contributed by atoms with Gasteiger partial charge in [0.2, 0.25) is 5.91 Å². The summed E-state index contributed by atoms with van der Waals surface area (Å²) in [7, 11) is 0. The minimum atomic E-state index is -0.774. The first-order valence-electron chi connectivity index (χ1n) is 6.74. The van der Waals surface area contributed by atoms with Gasteiger partial charge in [-0.2, -0.15) is 0 Å². The fraction of sp³-hybridized carbons (Fsp3) is 0.846. The lowest BCUT2D eigenvalue weighted by Gasteiger charge is -2.27. The van der Waals surface area contributed by atoms with Gasteiger partial charge in [0.15, 0.2) is 0 Å². The minimum Gasteiger partial charge on any atom is -0.481 e. The number of carboxylic acid groups (broad SMARTS) is 1. The number of amides is 1. The van der Waals surface area contributed by atoms with Gasteiger partial charge in [0.05, 0.1) is 12.0 Å². The number of aliphatic carboxylic acids is 1. The summed E-state index contributed by atoms with van der Waals surface area (Å²) in [5.41, 5.74) is 0. The summed E-state index contributed by atoms with van der Waals surface area (Å²) in [4.78, 5) is 22.4. The van der Waals surface area contributed by atoms with Gasteiger partial charge < -0.3 is 15.7 Å². The van der Waals surface area contributed by atoms with Crippen LogP contribution in [0.25, 0.3) is 0 Å². The number of carboxylic acids is 1. The molecule has 0 spiro atoms. The third kappa shape index (κ3) is 5.04. The summed E-state index contributed by atoms with van der Waals surface area (Å²) in [5.74, 6) is -0.475. The van der Waals surface area contributed by atoms with E-state index in [1.54, 1.807) is 6.92 Å². The first-order valence-corrected chi connectivity index (χ1v) is 6.74. The molecule has 3 unspecified atom stereocenters. The van der Waals surface area contributed by atoms with Crippen LogP contribution in [-0.4, -0.2) is 36.1 Å². The Hall–Kier alpha value is -1.10. The highest BCUT2D eigenvalue weighted by atomic mass is 16.4. The van der Waals surface area contributed by atoms with E-state index >= 15 is 0 Å². The van der Waals surface area contributed by atoms with E-state index in [-0.39, 0.29) is 17.9 Å². The monoisotopic (exact) mass is 256 g/mol. The first-order chi connectivity index (χ1) is 8.50. The molecule has 3 atom stereocenters. The van der Waals surface area contributed by atoms with Crippen LogP contribution in [0, 0.1) is 11.8 Å². The van der Waals surface area contributed by atoms with E-state index in [1.165, 1.54) is 0 Å². The van der Waals surface area contributed by atoms with Gasteiger partial charge in [0.1, 0.15) is 0 Å². The average molecular weight is 256 g/mol. The van der Waals surface area contributed by atoms with E-state index < -0.39 is 5.97 Å². The predicted octanol–water partition coefficient (Wildman–Crippen LogP) is 0.992. The average Bonchev–Trinajstić information content (AvgIpc) is 2.33. The Morgan fingerprint density at radius 3 is 2.83 bits per heavy atom. The van der Waals surface area contributed by atoms with E-state index in [2.05, 4.69) is 17.6 Å². The summed E-state index contributed by atoms with van der Waals surface area (Å²) >= 11 is 0. The Morgan fingerprint density at radius 1 is 1.50 bits per heavy atom. The lowest BCUT2D eigenvalue weighted by atomic mass is 9.94. The van der Waals surface area contributed by atoms with Crippen LogP contribution in [0.3, 0.4) is 0 Å². The van der Waals surface area contributed by atoms with E-state index in [0.29, 0.717) is 25.3 Å². The molecule has 1 aliphatic heterocycles. The normalized spacial score (nSPS) is 25.4. The molecule has 0 bridgehead atoms. The van der Waals surface area contributed by atoms with Crippen molar-refractivity contribution in [1.29, 1.82) is 0 Å². The zero-order valence-electron chi connectivity index (χ0n) is 11.2. The van der Waals surface area contributed by atoms with Crippen molar-refractivity contribution in [3.05, 3.63) is 0 Å². The maximum absolute atomic E-state index is 11.8. The molecule has 0 aromatic heterocycles. The third-order valence-electron chi connectivity index (χ3n) is 3.52. The SMILES string of the molecule is CC1CCNC(C(=O)NCCCC(C)C(=O)O)C1. The van der Waals surface area contributed by atoms with E-state index in [0.717, 1.165) is 19.4 Å². The molecule has 0 aliphatic carbocycles. The van der Waals surface area contributed by atoms with Crippen molar-refractivity contribution < 1.29 is 14.7 Å². The molecule has 1 saturated heterocycles. The van der Waals surface area contributed by atoms with E-state index in [1.807, 2.05) is 0 Å². The molecule has 18 heavy (non-hydrogen) atoms. The Kier molecular flexibility index (Phi) is 6.12. The van der Waals surface area contributed by atoms with Gasteiger partial charge >= 0.3 is 5.97 Å². The number of hydrogen-bond donors (Lipinski definition) is 3. The van der Waals surface area contributed by atoms with Crippen LogP contribution in [-0.2, 0) is 9.59 Å². The standard InChI is InChI=1S/C13H24N2O3/c1-9-5-7-14-11(8-9)12(16)15-6-3-4-10(2)13(17)18/h9-11,14H,3-8H2,1-2H3,(H,15,16)(H,17,18). The van der Waals surface area contributed by atoms with Crippen LogP contribution in [0.15, 0.2) is 0 Å². The molecule has 5 nitrogen and oxygen atoms in total. The summed E-state index contributed by atoms with van der Waals surface area (Å²) < 4.78 is 0. The second-order valence-electron chi connectivity index (χ2n) is 5.31. The Bertz CT molecular complexity index is 294. The quantitative estimate of drug-likeness (QED) is 0.619. The van der Waals surface area contributed by atoms with Gasteiger partial charge in [-0.05, 0) is 38.1 Å². The summed E-state index contributed by atoms with van der Waals surface area (Å²) in [6, 6.07) is -0.0781. The molecule has 1 fully saturated rings. The first kappa shape index (κ1) is 15.0. The van der Waals surface area contributed by atoms with Crippen molar-refractivity contribution in [2.75, 3.05) is 13.1 Å². The largest absolute Gasteiger partial charge is 0.481 e. The number of hydrogen-bond acceptors (Lipinski definition) is 3. The molecule has 0 saturated carbocycles. The molecule has 1 rings (SSSR count). The predicted molar refractivity (Wildman–Crippen MR) is 69.2 cm³/mol. The highest BCUT2D eigenvalue weighted by Crippen LogP contribution is 2.15. The van der Waals surface area contributed by atoms with Crippen molar-refractivity contribution in [2.24, 2.45) is 11.8 Å². The second-order valence-corrected chi connectivity index (χ2v) is 5.31. The van der Waals surface area contributed by atoms with Gasteiger partial charge in [0, 0.05) is 6.54 Å². The minimum absolute atomic E-state index is 0.0459. The molecule has 1 aliphatic rings. The second kappa shape index (κ2) is 7.36. The van der Waals surface area contributed by atoms with Crippen molar-refractivity contribution in [3.63, 3.8) is 0 Å². The van der Waals surface area contributed by atoms with Gasteiger partial charge in [-0.3, -0.25) is 9.59 Å². The van der Waals surface area contributed by atoms with Crippen molar-refractivity contribution in [1.82, 2.24) is 10.6 Å². The Labute approximate surface area is 108 Å². The van der Waals surface area contributed by atoms with Gasteiger partial charge in [0.25, 0.3) is 0 Å². The zero-order chi connectivity index (χ0) is 13.5. The maximum Gasteiger partial charge on any atom is 0.306 e. The summed E-state index contributed by atoms with van der Waals surface area (Å²) in [6.45, 7) is 5.31. The fourth-order valence-corrected chi connectivity index (χ4v) is 2.17. The fourth-order valence-electron chi connectivity index (χ4n) is 2.17. The molecular formula is C13H24N2O3. The van der Waals surface area contributed by atoms with Crippen LogP contribution in [0.1, 0.15) is 39.5 Å². The topological polar surface area (TPSA) is 78.4 Å². The molecule has 0 radical (unpaired) electrons. The van der Waals surface area contributed by atoms with Crippen molar-refractivity contribution in [3.8, 4) is 0 Å². The van der Waals surface area contributed by atoms with Crippen molar-refractivity contribution in [2.45, 2.75) is 45.6 Å². The number of carbonyl (C=O) groups excluding carboxylic acids is 1. The number of piperidine rings is 1. The van der Waals surface area contributed by atoms with Crippen LogP contribution in [0.5, 0.6) is 0 Å². The van der Waals surface area contributed by atoms with Crippen LogP contribution in [0.4, 0.5) is 0 Å². The van der Waals surface area contributed by atoms with E-state index in [4.69, 9.17) is 5.11 Å². The molecule has 3 N–H and O–H groups in total. The Balaban J connectivity index is 2.15. The lowest BCUT2D eigenvalue weighted by molar-refractivity contribution is -0.141.